The first-order chi connectivity index (χ1) is 15.9. The van der Waals surface area contributed by atoms with Crippen LogP contribution in [0.1, 0.15) is 28.4 Å². The van der Waals surface area contributed by atoms with E-state index < -0.39 is 5.97 Å². The molecule has 1 amide bonds. The van der Waals surface area contributed by atoms with E-state index in [-0.39, 0.29) is 17.2 Å². The van der Waals surface area contributed by atoms with E-state index in [0.717, 1.165) is 33.5 Å². The van der Waals surface area contributed by atoms with Gasteiger partial charge in [0.05, 0.1) is 16.8 Å². The van der Waals surface area contributed by atoms with Crippen LogP contribution in [0.4, 0.5) is 5.69 Å². The van der Waals surface area contributed by atoms with Crippen molar-refractivity contribution in [3.63, 3.8) is 0 Å². The molecule has 0 aliphatic heterocycles. The predicted octanol–water partition coefficient (Wildman–Crippen LogP) is 5.60. The number of anilines is 1. The van der Waals surface area contributed by atoms with Crippen molar-refractivity contribution < 1.29 is 14.7 Å². The second kappa shape index (κ2) is 9.83. The molecule has 1 heterocycles. The lowest BCUT2D eigenvalue weighted by molar-refractivity contribution is -0.113. The molecule has 0 saturated heterocycles. The number of aromatic nitrogens is 2. The van der Waals surface area contributed by atoms with Crippen molar-refractivity contribution in [1.29, 1.82) is 0 Å². The number of aryl methyl sites for hydroxylation is 2. The van der Waals surface area contributed by atoms with Crippen molar-refractivity contribution in [2.45, 2.75) is 25.3 Å². The largest absolute Gasteiger partial charge is 0.478 e. The van der Waals surface area contributed by atoms with Crippen LogP contribution in [0.3, 0.4) is 0 Å². The minimum Gasteiger partial charge on any atom is -0.478 e. The number of hydrogen-bond donors (Lipinski definition) is 2. The molecule has 0 fully saturated rings. The Morgan fingerprint density at radius 3 is 2.58 bits per heavy atom. The number of amides is 1. The number of carboxylic acid groups (broad SMARTS) is 1. The average molecular weight is 458 g/mol. The van der Waals surface area contributed by atoms with Gasteiger partial charge in [-0.15, -0.1) is 0 Å². The van der Waals surface area contributed by atoms with Crippen molar-refractivity contribution in [3.05, 3.63) is 83.4 Å². The topological polar surface area (TPSA) is 92.2 Å². The smallest absolute Gasteiger partial charge is 0.335 e. The van der Waals surface area contributed by atoms with Crippen molar-refractivity contribution >= 4 is 40.2 Å². The Kier molecular flexibility index (Phi) is 6.70. The summed E-state index contributed by atoms with van der Waals surface area (Å²) in [7, 11) is 0. The van der Waals surface area contributed by atoms with E-state index in [1.54, 1.807) is 12.1 Å². The van der Waals surface area contributed by atoms with E-state index in [9.17, 15) is 9.59 Å². The molecule has 0 aliphatic carbocycles. The molecular weight excluding hydrogens is 434 g/mol. The van der Waals surface area contributed by atoms with Gasteiger partial charge in [-0.05, 0) is 55.3 Å². The van der Waals surface area contributed by atoms with E-state index in [1.165, 1.54) is 29.5 Å². The molecule has 6 nitrogen and oxygen atoms in total. The quantitative estimate of drug-likeness (QED) is 0.277. The molecule has 166 valence electrons. The Balaban J connectivity index is 1.62. The molecular formula is C26H23N3O3S. The van der Waals surface area contributed by atoms with E-state index in [4.69, 9.17) is 15.1 Å². The highest BCUT2D eigenvalue weighted by molar-refractivity contribution is 8.00. The summed E-state index contributed by atoms with van der Waals surface area (Å²) in [5.41, 5.74) is 4.61. The molecule has 0 spiro atoms. The van der Waals surface area contributed by atoms with Gasteiger partial charge in [-0.25, -0.2) is 14.8 Å². The van der Waals surface area contributed by atoms with Crippen molar-refractivity contribution in [2.24, 2.45) is 0 Å². The zero-order valence-corrected chi connectivity index (χ0v) is 19.1. The summed E-state index contributed by atoms with van der Waals surface area (Å²) in [5.74, 6) is -0.526. The minimum absolute atomic E-state index is 0.122. The number of hydrogen-bond acceptors (Lipinski definition) is 5. The van der Waals surface area contributed by atoms with E-state index in [1.807, 2.05) is 37.3 Å². The molecule has 4 rings (SSSR count). The standard InChI is InChI=1S/C26H23N3O3S/c1-3-17-10-11-22-21(13-17)25(29-24(28-22)18-7-4-6-16(2)12-18)33-15-23(30)27-20-9-5-8-19(14-20)26(31)32/h4-14H,3,15H2,1-2H3,(H,27,30)(H,31,32). The van der Waals surface area contributed by atoms with Crippen LogP contribution in [0, 0.1) is 6.92 Å². The first-order valence-electron chi connectivity index (χ1n) is 10.6. The van der Waals surface area contributed by atoms with Gasteiger partial charge in [-0.1, -0.05) is 54.6 Å². The fraction of sp³-hybridized carbons (Fsp3) is 0.154. The van der Waals surface area contributed by atoms with E-state index >= 15 is 0 Å². The van der Waals surface area contributed by atoms with Gasteiger partial charge < -0.3 is 10.4 Å². The highest BCUT2D eigenvalue weighted by Gasteiger charge is 2.13. The first-order valence-corrected chi connectivity index (χ1v) is 11.5. The number of thioether (sulfide) groups is 1. The minimum atomic E-state index is -1.04. The Bertz CT molecular complexity index is 1350. The Labute approximate surface area is 196 Å². The maximum Gasteiger partial charge on any atom is 0.335 e. The number of nitrogens with zero attached hydrogens (tertiary/aromatic N) is 2. The molecule has 3 aromatic carbocycles. The maximum atomic E-state index is 12.6. The third kappa shape index (κ3) is 5.38. The third-order valence-corrected chi connectivity index (χ3v) is 6.13. The molecule has 1 aromatic heterocycles. The van der Waals surface area contributed by atoms with Crippen LogP contribution < -0.4 is 5.32 Å². The second-order valence-corrected chi connectivity index (χ2v) is 8.61. The summed E-state index contributed by atoms with van der Waals surface area (Å²) in [6, 6.07) is 20.3. The van der Waals surface area contributed by atoms with Crippen molar-refractivity contribution in [3.8, 4) is 11.4 Å². The lowest BCUT2D eigenvalue weighted by Gasteiger charge is -2.11. The van der Waals surface area contributed by atoms with Crippen LogP contribution in [0.5, 0.6) is 0 Å². The maximum absolute atomic E-state index is 12.6. The number of benzene rings is 3. The van der Waals surface area contributed by atoms with Crippen LogP contribution in [-0.2, 0) is 11.2 Å². The van der Waals surface area contributed by atoms with Gasteiger partial charge in [0.1, 0.15) is 5.03 Å². The molecule has 7 heteroatoms. The van der Waals surface area contributed by atoms with Crippen LogP contribution in [0.15, 0.2) is 71.8 Å². The third-order valence-electron chi connectivity index (χ3n) is 5.14. The summed E-state index contributed by atoms with van der Waals surface area (Å²) in [6.45, 7) is 4.12. The van der Waals surface area contributed by atoms with Gasteiger partial charge in [-0.2, -0.15) is 0 Å². The van der Waals surface area contributed by atoms with Crippen molar-refractivity contribution in [1.82, 2.24) is 9.97 Å². The normalized spacial score (nSPS) is 10.8. The molecule has 0 saturated carbocycles. The summed E-state index contributed by atoms with van der Waals surface area (Å²) in [4.78, 5) is 33.3. The first kappa shape index (κ1) is 22.5. The highest BCUT2D eigenvalue weighted by atomic mass is 32.2. The number of fused-ring (bicyclic) bond motifs is 1. The van der Waals surface area contributed by atoms with Crippen LogP contribution in [0.2, 0.25) is 0 Å². The monoisotopic (exact) mass is 457 g/mol. The fourth-order valence-corrected chi connectivity index (χ4v) is 4.26. The Hall–Kier alpha value is -3.71. The number of rotatable bonds is 7. The summed E-state index contributed by atoms with van der Waals surface area (Å²) in [6.07, 6.45) is 0.889. The fourth-order valence-electron chi connectivity index (χ4n) is 3.45. The molecule has 0 bridgehead atoms. The zero-order chi connectivity index (χ0) is 23.4. The molecule has 0 aliphatic rings. The predicted molar refractivity (Wildman–Crippen MR) is 132 cm³/mol. The number of carbonyl (C=O) groups is 2. The van der Waals surface area contributed by atoms with Gasteiger partial charge in [0.2, 0.25) is 5.91 Å². The van der Waals surface area contributed by atoms with Gasteiger partial charge in [0, 0.05) is 16.6 Å². The van der Waals surface area contributed by atoms with Gasteiger partial charge in [-0.3, -0.25) is 4.79 Å². The Morgan fingerprint density at radius 2 is 1.82 bits per heavy atom. The molecule has 0 radical (unpaired) electrons. The van der Waals surface area contributed by atoms with E-state index in [2.05, 4.69) is 24.4 Å². The van der Waals surface area contributed by atoms with Crippen LogP contribution in [-0.4, -0.2) is 32.7 Å². The van der Waals surface area contributed by atoms with Gasteiger partial charge in [0.15, 0.2) is 5.82 Å². The van der Waals surface area contributed by atoms with Crippen LogP contribution >= 0.6 is 11.8 Å². The van der Waals surface area contributed by atoms with Gasteiger partial charge in [0.25, 0.3) is 0 Å². The molecule has 0 atom stereocenters. The van der Waals surface area contributed by atoms with Gasteiger partial charge >= 0.3 is 5.97 Å². The summed E-state index contributed by atoms with van der Waals surface area (Å²) < 4.78 is 0. The van der Waals surface area contributed by atoms with Crippen LogP contribution in [0.25, 0.3) is 22.3 Å². The zero-order valence-electron chi connectivity index (χ0n) is 18.3. The highest BCUT2D eigenvalue weighted by Crippen LogP contribution is 2.30. The van der Waals surface area contributed by atoms with E-state index in [0.29, 0.717) is 11.5 Å². The summed E-state index contributed by atoms with van der Waals surface area (Å²) in [5, 5.41) is 13.6. The van der Waals surface area contributed by atoms with Crippen molar-refractivity contribution in [2.75, 3.05) is 11.1 Å². The SMILES string of the molecule is CCc1ccc2nc(-c3cccc(C)c3)nc(SCC(=O)Nc3cccc(C(=O)O)c3)c2c1. The number of carboxylic acids is 1. The molecule has 0 unspecified atom stereocenters. The molecule has 4 aromatic rings. The lowest BCUT2D eigenvalue weighted by atomic mass is 10.1. The Morgan fingerprint density at radius 1 is 1.00 bits per heavy atom. The second-order valence-electron chi connectivity index (χ2n) is 7.65. The number of carbonyl (C=O) groups excluding carboxylic acids is 1. The number of aromatic carboxylic acids is 1. The molecule has 2 N–H and O–H groups in total. The summed E-state index contributed by atoms with van der Waals surface area (Å²) >= 11 is 1.34. The number of nitrogens with one attached hydrogen (secondary N) is 1. The lowest BCUT2D eigenvalue weighted by Crippen LogP contribution is -2.14. The average Bonchev–Trinajstić information content (AvgIpc) is 2.82. The molecule has 33 heavy (non-hydrogen) atoms.